The van der Waals surface area contributed by atoms with E-state index in [1.165, 1.54) is 0 Å². The molecule has 2 rings (SSSR count). The highest BCUT2D eigenvalue weighted by Crippen LogP contribution is 2.18. The lowest BCUT2D eigenvalue weighted by Crippen LogP contribution is -2.11. The first-order valence-electron chi connectivity index (χ1n) is 5.96. The van der Waals surface area contributed by atoms with Gasteiger partial charge in [0.1, 0.15) is 6.61 Å². The predicted molar refractivity (Wildman–Crippen MR) is 79.8 cm³/mol. The molecule has 20 heavy (non-hydrogen) atoms. The molecule has 0 atom stereocenters. The molecule has 2 N–H and O–H groups in total. The van der Waals surface area contributed by atoms with Crippen molar-refractivity contribution in [2.24, 2.45) is 0 Å². The lowest BCUT2D eigenvalue weighted by Gasteiger charge is -2.06. The second-order valence-corrected chi connectivity index (χ2v) is 4.38. The lowest BCUT2D eigenvalue weighted by atomic mass is 10.1. The minimum absolute atomic E-state index is 0.230. The van der Waals surface area contributed by atoms with Gasteiger partial charge < -0.3 is 10.4 Å². The number of halogens is 1. The largest absolute Gasteiger partial charge is 0.384 e. The van der Waals surface area contributed by atoms with E-state index in [1.807, 2.05) is 18.2 Å². The molecule has 0 saturated heterocycles. The van der Waals surface area contributed by atoms with Crippen LogP contribution >= 0.6 is 11.6 Å². The van der Waals surface area contributed by atoms with Crippen molar-refractivity contribution < 1.29 is 9.90 Å². The molecular weight excluding hydrogens is 274 g/mol. The molecule has 0 fully saturated rings. The fourth-order valence-electron chi connectivity index (χ4n) is 1.62. The summed E-state index contributed by atoms with van der Waals surface area (Å²) in [6.07, 6.45) is 0. The van der Waals surface area contributed by atoms with Gasteiger partial charge in [0.2, 0.25) is 0 Å². The Morgan fingerprint density at radius 1 is 1.20 bits per heavy atom. The molecule has 0 heterocycles. The van der Waals surface area contributed by atoms with E-state index in [-0.39, 0.29) is 12.5 Å². The van der Waals surface area contributed by atoms with E-state index in [9.17, 15) is 4.79 Å². The molecule has 0 saturated carbocycles. The fraction of sp³-hybridized carbons (Fsp3) is 0.0625. The zero-order valence-electron chi connectivity index (χ0n) is 10.6. The summed E-state index contributed by atoms with van der Waals surface area (Å²) < 4.78 is 0. The van der Waals surface area contributed by atoms with Gasteiger partial charge in [-0.1, -0.05) is 41.6 Å². The number of para-hydroxylation sites is 1. The summed E-state index contributed by atoms with van der Waals surface area (Å²) in [4.78, 5) is 12.0. The predicted octanol–water partition coefficient (Wildman–Crippen LogP) is 2.94. The Morgan fingerprint density at radius 3 is 2.60 bits per heavy atom. The van der Waals surface area contributed by atoms with Gasteiger partial charge >= 0.3 is 0 Å². The number of aliphatic hydroxyl groups is 1. The highest BCUT2D eigenvalue weighted by molar-refractivity contribution is 6.32. The Kier molecular flexibility index (Phi) is 4.78. The van der Waals surface area contributed by atoms with Crippen molar-refractivity contribution in [1.29, 1.82) is 0 Å². The average molecular weight is 286 g/mol. The standard InChI is InChI=1S/C16H12ClNO2/c17-15-11-13(9-8-12(15)5-4-10-19)16(20)18-14-6-2-1-3-7-14/h1-3,6-9,11,19H,10H2,(H,18,20). The Labute approximate surface area is 122 Å². The van der Waals surface area contributed by atoms with Crippen molar-refractivity contribution in [3.05, 3.63) is 64.7 Å². The average Bonchev–Trinajstić information content (AvgIpc) is 2.47. The summed E-state index contributed by atoms with van der Waals surface area (Å²) in [5.41, 5.74) is 1.75. The minimum Gasteiger partial charge on any atom is -0.384 e. The molecule has 0 spiro atoms. The Bertz CT molecular complexity index is 672. The first-order chi connectivity index (χ1) is 9.70. The van der Waals surface area contributed by atoms with Crippen molar-refractivity contribution in [1.82, 2.24) is 0 Å². The lowest BCUT2D eigenvalue weighted by molar-refractivity contribution is 0.102. The van der Waals surface area contributed by atoms with Crippen LogP contribution in [0.15, 0.2) is 48.5 Å². The first kappa shape index (κ1) is 14.1. The van der Waals surface area contributed by atoms with E-state index in [1.54, 1.807) is 30.3 Å². The van der Waals surface area contributed by atoms with Crippen LogP contribution in [0.25, 0.3) is 0 Å². The van der Waals surface area contributed by atoms with E-state index >= 15 is 0 Å². The van der Waals surface area contributed by atoms with E-state index < -0.39 is 0 Å². The van der Waals surface area contributed by atoms with Crippen molar-refractivity contribution in [2.75, 3.05) is 11.9 Å². The number of hydrogen-bond acceptors (Lipinski definition) is 2. The molecule has 100 valence electrons. The number of carbonyl (C=O) groups excluding carboxylic acids is 1. The monoisotopic (exact) mass is 285 g/mol. The highest BCUT2D eigenvalue weighted by Gasteiger charge is 2.08. The normalized spacial score (nSPS) is 9.50. The van der Waals surface area contributed by atoms with Gasteiger partial charge in [0.05, 0.1) is 5.02 Å². The SMILES string of the molecule is O=C(Nc1ccccc1)c1ccc(C#CCO)c(Cl)c1. The zero-order chi connectivity index (χ0) is 14.4. The van der Waals surface area contributed by atoms with Gasteiger partial charge in [-0.15, -0.1) is 0 Å². The van der Waals surface area contributed by atoms with Gasteiger partial charge in [0.15, 0.2) is 0 Å². The number of amides is 1. The number of carbonyl (C=O) groups is 1. The number of aliphatic hydroxyl groups excluding tert-OH is 1. The van der Waals surface area contributed by atoms with Gasteiger partial charge in [0, 0.05) is 16.8 Å². The van der Waals surface area contributed by atoms with Crippen LogP contribution in [0.3, 0.4) is 0 Å². The van der Waals surface area contributed by atoms with Crippen molar-refractivity contribution >= 4 is 23.2 Å². The van der Waals surface area contributed by atoms with Crippen LogP contribution < -0.4 is 5.32 Å². The molecule has 0 unspecified atom stereocenters. The van der Waals surface area contributed by atoms with Crippen molar-refractivity contribution in [2.45, 2.75) is 0 Å². The summed E-state index contributed by atoms with van der Waals surface area (Å²) in [7, 11) is 0. The summed E-state index contributed by atoms with van der Waals surface area (Å²) >= 11 is 6.05. The molecule has 3 nitrogen and oxygen atoms in total. The molecule has 0 aromatic heterocycles. The fourth-order valence-corrected chi connectivity index (χ4v) is 1.85. The first-order valence-corrected chi connectivity index (χ1v) is 6.34. The van der Waals surface area contributed by atoms with E-state index in [0.29, 0.717) is 16.1 Å². The third-order valence-corrected chi connectivity index (χ3v) is 2.88. The second kappa shape index (κ2) is 6.76. The smallest absolute Gasteiger partial charge is 0.255 e. The second-order valence-electron chi connectivity index (χ2n) is 3.97. The number of hydrogen-bond donors (Lipinski definition) is 2. The summed E-state index contributed by atoms with van der Waals surface area (Å²) in [5.74, 6) is 4.99. The molecule has 2 aromatic carbocycles. The number of benzene rings is 2. The van der Waals surface area contributed by atoms with E-state index in [4.69, 9.17) is 16.7 Å². The zero-order valence-corrected chi connectivity index (χ0v) is 11.3. The third-order valence-electron chi connectivity index (χ3n) is 2.57. The maximum atomic E-state index is 12.0. The Morgan fingerprint density at radius 2 is 1.95 bits per heavy atom. The molecule has 1 amide bonds. The minimum atomic E-state index is -0.236. The van der Waals surface area contributed by atoms with Gasteiger partial charge in [-0.25, -0.2) is 0 Å². The quantitative estimate of drug-likeness (QED) is 0.834. The molecule has 4 heteroatoms. The molecule has 0 bridgehead atoms. The summed E-state index contributed by atoms with van der Waals surface area (Å²) in [6.45, 7) is -0.230. The van der Waals surface area contributed by atoms with Crippen LogP contribution in [0.1, 0.15) is 15.9 Å². The highest BCUT2D eigenvalue weighted by atomic mass is 35.5. The molecule has 0 aliphatic heterocycles. The Hall–Kier alpha value is -2.28. The molecular formula is C16H12ClNO2. The van der Waals surface area contributed by atoms with Gasteiger partial charge in [-0.05, 0) is 30.3 Å². The van der Waals surface area contributed by atoms with E-state index in [2.05, 4.69) is 17.2 Å². The Balaban J connectivity index is 2.17. The van der Waals surface area contributed by atoms with Crippen LogP contribution in [0.2, 0.25) is 5.02 Å². The van der Waals surface area contributed by atoms with E-state index in [0.717, 1.165) is 5.69 Å². The number of nitrogens with one attached hydrogen (secondary N) is 1. The van der Waals surface area contributed by atoms with Gasteiger partial charge in [0.25, 0.3) is 5.91 Å². The van der Waals surface area contributed by atoms with Crippen LogP contribution in [-0.4, -0.2) is 17.6 Å². The molecule has 0 aliphatic rings. The summed E-state index contributed by atoms with van der Waals surface area (Å²) in [5, 5.41) is 11.8. The van der Waals surface area contributed by atoms with Gasteiger partial charge in [-0.2, -0.15) is 0 Å². The van der Waals surface area contributed by atoms with Crippen LogP contribution in [0.5, 0.6) is 0 Å². The van der Waals surface area contributed by atoms with Crippen molar-refractivity contribution in [3.8, 4) is 11.8 Å². The summed E-state index contributed by atoms with van der Waals surface area (Å²) in [6, 6.07) is 14.0. The number of anilines is 1. The molecule has 0 aliphatic carbocycles. The topological polar surface area (TPSA) is 49.3 Å². The van der Waals surface area contributed by atoms with Crippen molar-refractivity contribution in [3.63, 3.8) is 0 Å². The van der Waals surface area contributed by atoms with Crippen LogP contribution in [-0.2, 0) is 0 Å². The third kappa shape index (κ3) is 3.61. The van der Waals surface area contributed by atoms with Gasteiger partial charge in [-0.3, -0.25) is 4.79 Å². The maximum Gasteiger partial charge on any atom is 0.255 e. The van der Waals surface area contributed by atoms with Crippen LogP contribution in [0, 0.1) is 11.8 Å². The number of rotatable bonds is 2. The van der Waals surface area contributed by atoms with Crippen LogP contribution in [0.4, 0.5) is 5.69 Å². The molecule has 2 aromatic rings. The maximum absolute atomic E-state index is 12.0. The molecule has 0 radical (unpaired) electrons.